The lowest BCUT2D eigenvalue weighted by Crippen LogP contribution is -2.59. The van der Waals surface area contributed by atoms with Crippen LogP contribution < -0.4 is 0 Å². The maximum atomic E-state index is 9.98. The summed E-state index contributed by atoms with van der Waals surface area (Å²) in [6.45, 7) is -1.46. The molecule has 0 radical (unpaired) electrons. The van der Waals surface area contributed by atoms with Crippen LogP contribution >= 0.6 is 0 Å². The van der Waals surface area contributed by atoms with Crippen molar-refractivity contribution in [2.24, 2.45) is 23.7 Å². The van der Waals surface area contributed by atoms with E-state index >= 15 is 0 Å². The summed E-state index contributed by atoms with van der Waals surface area (Å²) in [5.41, 5.74) is 0. The molecular weight excluding hydrogens is 548 g/mol. The molecule has 41 heavy (non-hydrogen) atoms. The Kier molecular flexibility index (Phi) is 18.9. The van der Waals surface area contributed by atoms with Crippen molar-refractivity contribution in [2.45, 2.75) is 69.1 Å². The van der Waals surface area contributed by atoms with Gasteiger partial charge in [-0.1, -0.05) is 0 Å². The van der Waals surface area contributed by atoms with E-state index in [0.717, 1.165) is 0 Å². The maximum absolute atomic E-state index is 9.98. The molecule has 0 amide bonds. The van der Waals surface area contributed by atoms with Gasteiger partial charge in [0.05, 0.1) is 64.6 Å². The molecule has 0 aliphatic carbocycles. The number of aliphatic hydroxyl groups excluding tert-OH is 8. The summed E-state index contributed by atoms with van der Waals surface area (Å²) in [4.78, 5) is 0. The van der Waals surface area contributed by atoms with Gasteiger partial charge in [-0.25, -0.2) is 0 Å². The van der Waals surface area contributed by atoms with Crippen molar-refractivity contribution in [1.29, 1.82) is 0 Å². The van der Waals surface area contributed by atoms with Crippen molar-refractivity contribution in [1.82, 2.24) is 0 Å². The highest BCUT2D eigenvalue weighted by molar-refractivity contribution is 4.94. The Morgan fingerprint density at radius 3 is 1.49 bits per heavy atom. The van der Waals surface area contributed by atoms with Crippen LogP contribution in [0.25, 0.3) is 0 Å². The van der Waals surface area contributed by atoms with Crippen LogP contribution in [0.5, 0.6) is 0 Å². The first-order valence-corrected chi connectivity index (χ1v) is 14.7. The molecule has 10 atom stereocenters. The fraction of sp³-hybridized carbons (Fsp3) is 1.00. The molecule has 0 aromatic rings. The van der Waals surface area contributed by atoms with Crippen molar-refractivity contribution in [2.75, 3.05) is 79.3 Å². The first kappa shape index (κ1) is 36.6. The Morgan fingerprint density at radius 1 is 0.439 bits per heavy atom. The van der Waals surface area contributed by atoms with Crippen molar-refractivity contribution in [3.05, 3.63) is 0 Å². The van der Waals surface area contributed by atoms with E-state index in [9.17, 15) is 40.9 Å². The molecule has 2 fully saturated rings. The first-order chi connectivity index (χ1) is 20.0. The largest absolute Gasteiger partial charge is 0.396 e. The molecule has 2 saturated heterocycles. The molecule has 2 aliphatic heterocycles. The van der Waals surface area contributed by atoms with E-state index in [-0.39, 0.29) is 117 Å². The van der Waals surface area contributed by atoms with Gasteiger partial charge in [-0.3, -0.25) is 0 Å². The number of rotatable bonds is 22. The molecule has 0 bridgehead atoms. The minimum absolute atomic E-state index is 0.00765. The van der Waals surface area contributed by atoms with Crippen LogP contribution in [0.3, 0.4) is 0 Å². The second-order valence-corrected chi connectivity index (χ2v) is 10.4. The van der Waals surface area contributed by atoms with Gasteiger partial charge in [0.2, 0.25) is 0 Å². The summed E-state index contributed by atoms with van der Waals surface area (Å²) in [6.07, 6.45) is -3.15. The molecular formula is C27H52O14. The Morgan fingerprint density at radius 2 is 0.927 bits per heavy atom. The van der Waals surface area contributed by atoms with E-state index in [1.54, 1.807) is 0 Å². The molecule has 244 valence electrons. The van der Waals surface area contributed by atoms with Gasteiger partial charge in [0.15, 0.2) is 12.6 Å². The molecule has 0 saturated carbocycles. The highest BCUT2D eigenvalue weighted by Gasteiger charge is 2.51. The van der Waals surface area contributed by atoms with Crippen molar-refractivity contribution in [3.63, 3.8) is 0 Å². The molecule has 0 aromatic heterocycles. The summed E-state index contributed by atoms with van der Waals surface area (Å²) in [5.74, 6) is -1.60. The average Bonchev–Trinajstić information content (AvgIpc) is 2.96. The smallest absolute Gasteiger partial charge is 0.161 e. The van der Waals surface area contributed by atoms with Crippen LogP contribution in [-0.2, 0) is 28.4 Å². The Hall–Kier alpha value is -0.560. The highest BCUT2D eigenvalue weighted by atomic mass is 16.7. The molecule has 2 aliphatic rings. The predicted molar refractivity (Wildman–Crippen MR) is 142 cm³/mol. The van der Waals surface area contributed by atoms with E-state index < -0.39 is 48.8 Å². The van der Waals surface area contributed by atoms with Gasteiger partial charge in [-0.05, 0) is 43.9 Å². The number of hydrogen-bond donors (Lipinski definition) is 8. The van der Waals surface area contributed by atoms with Crippen LogP contribution in [0.2, 0.25) is 0 Å². The minimum Gasteiger partial charge on any atom is -0.396 e. The summed E-state index contributed by atoms with van der Waals surface area (Å²) in [7, 11) is 0. The van der Waals surface area contributed by atoms with Crippen molar-refractivity contribution < 1.29 is 69.3 Å². The molecule has 0 aromatic carbocycles. The molecule has 2 rings (SSSR count). The van der Waals surface area contributed by atoms with Gasteiger partial charge in [0, 0.05) is 44.9 Å². The van der Waals surface area contributed by atoms with Gasteiger partial charge in [0.25, 0.3) is 0 Å². The van der Waals surface area contributed by atoms with Crippen LogP contribution in [0, 0.1) is 23.7 Å². The standard InChI is InChI=1S/C27H52O14/c28-6-1-18-21(4-9-31)27(40-23(17-36-14-11-33)24(18)37-15-12-34)41-25-19(2-7-29)20(3-8-30)26(38-16-13-35)39-22(25)5-10-32/h18-35H,1-17H2/t18-,19-,20-,21-,22-,23-,24+,25+,26-,27+/m1/s1. The van der Waals surface area contributed by atoms with Gasteiger partial charge in [-0.15, -0.1) is 0 Å². The van der Waals surface area contributed by atoms with E-state index in [1.165, 1.54) is 0 Å². The second-order valence-electron chi connectivity index (χ2n) is 10.4. The van der Waals surface area contributed by atoms with Crippen LogP contribution in [0.15, 0.2) is 0 Å². The zero-order valence-electron chi connectivity index (χ0n) is 23.8. The third-order valence-electron chi connectivity index (χ3n) is 7.84. The Bertz CT molecular complexity index is 645. The monoisotopic (exact) mass is 600 g/mol. The van der Waals surface area contributed by atoms with Gasteiger partial charge in [0.1, 0.15) is 6.10 Å². The topological polar surface area (TPSA) is 217 Å². The normalized spacial score (nSPS) is 34.2. The lowest BCUT2D eigenvalue weighted by Gasteiger charge is -2.51. The van der Waals surface area contributed by atoms with Gasteiger partial charge < -0.3 is 69.3 Å². The SMILES string of the molecule is OCCOC[C@H]1O[C@@H](O[C@H]2[C@H](CCO)[C@@H](CCO)[C@H](OCCO)O[C@@H]2CCO)[C@H](CCO)[C@@H](CCO)[C@@H]1OCCO. The zero-order valence-corrected chi connectivity index (χ0v) is 23.8. The minimum atomic E-state index is -0.934. The van der Waals surface area contributed by atoms with Crippen LogP contribution in [0.4, 0.5) is 0 Å². The molecule has 8 N–H and O–H groups in total. The van der Waals surface area contributed by atoms with Gasteiger partial charge in [-0.2, -0.15) is 0 Å². The van der Waals surface area contributed by atoms with Gasteiger partial charge >= 0.3 is 0 Å². The fourth-order valence-electron chi connectivity index (χ4n) is 6.18. The Labute approximate surface area is 241 Å². The molecule has 0 spiro atoms. The summed E-state index contributed by atoms with van der Waals surface area (Å²) < 4.78 is 36.6. The molecule has 2 heterocycles. The molecule has 14 nitrogen and oxygen atoms in total. The summed E-state index contributed by atoms with van der Waals surface area (Å²) in [6, 6.07) is 0. The van der Waals surface area contributed by atoms with E-state index in [4.69, 9.17) is 28.4 Å². The van der Waals surface area contributed by atoms with Crippen LogP contribution in [-0.4, -0.2) is 157 Å². The second kappa shape index (κ2) is 21.2. The third-order valence-corrected chi connectivity index (χ3v) is 7.84. The summed E-state index contributed by atoms with van der Waals surface area (Å²) >= 11 is 0. The highest BCUT2D eigenvalue weighted by Crippen LogP contribution is 2.43. The van der Waals surface area contributed by atoms with E-state index in [0.29, 0.717) is 6.42 Å². The lowest BCUT2D eigenvalue weighted by molar-refractivity contribution is -0.342. The lowest BCUT2D eigenvalue weighted by atomic mass is 9.76. The quantitative estimate of drug-likeness (QED) is 0.0608. The third kappa shape index (κ3) is 10.8. The van der Waals surface area contributed by atoms with Crippen molar-refractivity contribution >= 4 is 0 Å². The number of aliphatic hydroxyl groups is 8. The first-order valence-electron chi connectivity index (χ1n) is 14.7. The van der Waals surface area contributed by atoms with Crippen LogP contribution in [0.1, 0.15) is 32.1 Å². The fourth-order valence-corrected chi connectivity index (χ4v) is 6.18. The average molecular weight is 601 g/mol. The zero-order chi connectivity index (χ0) is 30.0. The number of hydrogen-bond acceptors (Lipinski definition) is 14. The molecule has 14 heteroatoms. The predicted octanol–water partition coefficient (Wildman–Crippen LogP) is -2.41. The molecule has 0 unspecified atom stereocenters. The van der Waals surface area contributed by atoms with E-state index in [2.05, 4.69) is 0 Å². The number of ether oxygens (including phenoxy) is 6. The van der Waals surface area contributed by atoms with Crippen molar-refractivity contribution in [3.8, 4) is 0 Å². The van der Waals surface area contributed by atoms with E-state index in [1.807, 2.05) is 0 Å². The maximum Gasteiger partial charge on any atom is 0.161 e. The summed E-state index contributed by atoms with van der Waals surface area (Å²) in [5, 5.41) is 77.5. The Balaban J connectivity index is 2.45.